The van der Waals surface area contributed by atoms with Gasteiger partial charge in [-0.05, 0) is 25.0 Å². The van der Waals surface area contributed by atoms with Crippen molar-refractivity contribution in [1.29, 1.82) is 0 Å². The van der Waals surface area contributed by atoms with Gasteiger partial charge in [0.15, 0.2) is 11.0 Å². The van der Waals surface area contributed by atoms with Gasteiger partial charge in [0.2, 0.25) is 5.91 Å². The summed E-state index contributed by atoms with van der Waals surface area (Å²) in [6.45, 7) is -0.0762. The van der Waals surface area contributed by atoms with Crippen LogP contribution >= 0.6 is 11.3 Å². The molecular weight excluding hydrogens is 454 g/mol. The molecule has 0 saturated heterocycles. The van der Waals surface area contributed by atoms with Crippen LogP contribution in [0.1, 0.15) is 31.5 Å². The SMILES string of the molecule is COc1c(-c2cnc(CO[C@@H]3CC(F)(F)C[C@H]3O)nc2)ccc2nc(NC(=O)C3CC3)sc12. The minimum atomic E-state index is -2.92. The largest absolute Gasteiger partial charge is 0.495 e. The molecule has 0 radical (unpaired) electrons. The van der Waals surface area contributed by atoms with Gasteiger partial charge in [-0.1, -0.05) is 11.3 Å². The van der Waals surface area contributed by atoms with Gasteiger partial charge in [-0.25, -0.2) is 23.7 Å². The molecule has 2 saturated carbocycles. The molecule has 0 bridgehead atoms. The highest BCUT2D eigenvalue weighted by Crippen LogP contribution is 2.41. The number of thiazole rings is 1. The van der Waals surface area contributed by atoms with Crippen molar-refractivity contribution in [2.75, 3.05) is 12.4 Å². The van der Waals surface area contributed by atoms with Gasteiger partial charge in [-0.2, -0.15) is 0 Å². The summed E-state index contributed by atoms with van der Waals surface area (Å²) in [4.78, 5) is 25.1. The lowest BCUT2D eigenvalue weighted by Gasteiger charge is -2.14. The predicted octanol–water partition coefficient (Wildman–Crippen LogP) is 3.79. The van der Waals surface area contributed by atoms with Gasteiger partial charge in [0.25, 0.3) is 5.92 Å². The van der Waals surface area contributed by atoms with Crippen molar-refractivity contribution < 1.29 is 28.2 Å². The Bertz CT molecular complexity index is 1180. The van der Waals surface area contributed by atoms with Crippen molar-refractivity contribution in [1.82, 2.24) is 15.0 Å². The highest BCUT2D eigenvalue weighted by atomic mass is 32.1. The van der Waals surface area contributed by atoms with Crippen LogP contribution in [0.25, 0.3) is 21.3 Å². The van der Waals surface area contributed by atoms with Crippen LogP contribution in [0.5, 0.6) is 5.75 Å². The quantitative estimate of drug-likeness (QED) is 0.534. The second-order valence-electron chi connectivity index (χ2n) is 8.35. The zero-order valence-electron chi connectivity index (χ0n) is 17.8. The summed E-state index contributed by atoms with van der Waals surface area (Å²) < 4.78 is 38.6. The lowest BCUT2D eigenvalue weighted by atomic mass is 10.1. The molecule has 2 aliphatic carbocycles. The smallest absolute Gasteiger partial charge is 0.253 e. The van der Waals surface area contributed by atoms with Crippen LogP contribution < -0.4 is 10.1 Å². The number of nitrogens with zero attached hydrogens (tertiary/aromatic N) is 3. The monoisotopic (exact) mass is 476 g/mol. The molecule has 2 heterocycles. The van der Waals surface area contributed by atoms with Crippen LogP contribution in [0.2, 0.25) is 0 Å². The van der Waals surface area contributed by atoms with Gasteiger partial charge in [0.1, 0.15) is 12.4 Å². The number of carbonyl (C=O) groups is 1. The molecule has 0 spiro atoms. The van der Waals surface area contributed by atoms with E-state index in [1.165, 1.54) is 11.3 Å². The van der Waals surface area contributed by atoms with Crippen molar-refractivity contribution in [3.8, 4) is 16.9 Å². The molecule has 2 aliphatic rings. The van der Waals surface area contributed by atoms with Crippen LogP contribution in [-0.4, -0.2) is 51.2 Å². The Kier molecular flexibility index (Phi) is 5.71. The van der Waals surface area contributed by atoms with E-state index in [0.717, 1.165) is 23.1 Å². The minimum Gasteiger partial charge on any atom is -0.495 e. The van der Waals surface area contributed by atoms with Crippen LogP contribution in [0.15, 0.2) is 24.5 Å². The third-order valence-corrected chi connectivity index (χ3v) is 6.76. The number of benzene rings is 1. The number of halogens is 2. The van der Waals surface area contributed by atoms with Crippen LogP contribution in [0.4, 0.5) is 13.9 Å². The molecule has 0 unspecified atom stereocenters. The van der Waals surface area contributed by atoms with Gasteiger partial charge in [0.05, 0.1) is 29.5 Å². The Balaban J connectivity index is 1.32. The van der Waals surface area contributed by atoms with Crippen molar-refractivity contribution in [2.24, 2.45) is 5.92 Å². The molecule has 33 heavy (non-hydrogen) atoms. The van der Waals surface area contributed by atoms with Crippen LogP contribution in [0.3, 0.4) is 0 Å². The van der Waals surface area contributed by atoms with Crippen molar-refractivity contribution in [2.45, 2.75) is 50.4 Å². The van der Waals surface area contributed by atoms with Gasteiger partial charge in [-0.3, -0.25) is 4.79 Å². The molecule has 2 N–H and O–H groups in total. The van der Waals surface area contributed by atoms with E-state index in [4.69, 9.17) is 9.47 Å². The molecule has 8 nitrogen and oxygen atoms in total. The Morgan fingerprint density at radius 3 is 2.67 bits per heavy atom. The summed E-state index contributed by atoms with van der Waals surface area (Å²) >= 11 is 1.34. The fourth-order valence-electron chi connectivity index (χ4n) is 3.88. The number of hydrogen-bond acceptors (Lipinski definition) is 8. The third-order valence-electron chi connectivity index (χ3n) is 5.77. The number of aliphatic hydroxyl groups excluding tert-OH is 1. The van der Waals surface area contributed by atoms with E-state index >= 15 is 0 Å². The number of fused-ring (bicyclic) bond motifs is 1. The molecule has 174 valence electrons. The highest BCUT2D eigenvalue weighted by Gasteiger charge is 2.46. The van der Waals surface area contributed by atoms with E-state index < -0.39 is 31.0 Å². The fourth-order valence-corrected chi connectivity index (χ4v) is 4.87. The molecule has 1 amide bonds. The maximum Gasteiger partial charge on any atom is 0.253 e. The Morgan fingerprint density at radius 2 is 2.03 bits per heavy atom. The average Bonchev–Trinajstić information content (AvgIpc) is 3.50. The predicted molar refractivity (Wildman–Crippen MR) is 117 cm³/mol. The number of carbonyl (C=O) groups excluding carboxylic acids is 1. The molecule has 2 aromatic heterocycles. The third kappa shape index (κ3) is 4.66. The summed E-state index contributed by atoms with van der Waals surface area (Å²) in [6, 6.07) is 3.69. The van der Waals surface area contributed by atoms with E-state index in [2.05, 4.69) is 20.3 Å². The number of ether oxygens (including phenoxy) is 2. The molecule has 1 aromatic carbocycles. The van der Waals surface area contributed by atoms with Crippen molar-refractivity contribution in [3.63, 3.8) is 0 Å². The van der Waals surface area contributed by atoms with Gasteiger partial charge >= 0.3 is 0 Å². The van der Waals surface area contributed by atoms with Gasteiger partial charge in [-0.15, -0.1) is 0 Å². The molecule has 5 rings (SSSR count). The summed E-state index contributed by atoms with van der Waals surface area (Å²) in [5.41, 5.74) is 2.17. The second-order valence-corrected chi connectivity index (χ2v) is 9.35. The number of nitrogens with one attached hydrogen (secondary N) is 1. The lowest BCUT2D eigenvalue weighted by molar-refractivity contribution is -0.117. The van der Waals surface area contributed by atoms with Crippen molar-refractivity contribution >= 4 is 32.6 Å². The number of aromatic nitrogens is 3. The van der Waals surface area contributed by atoms with E-state index in [0.29, 0.717) is 27.8 Å². The number of anilines is 1. The molecule has 2 fully saturated rings. The number of aliphatic hydroxyl groups is 1. The Labute approximate surface area is 192 Å². The molecule has 11 heteroatoms. The molecule has 2 atom stereocenters. The Morgan fingerprint density at radius 1 is 1.27 bits per heavy atom. The average molecular weight is 477 g/mol. The van der Waals surface area contributed by atoms with Crippen molar-refractivity contribution in [3.05, 3.63) is 30.4 Å². The summed E-state index contributed by atoms with van der Waals surface area (Å²) in [7, 11) is 1.56. The van der Waals surface area contributed by atoms with E-state index in [1.54, 1.807) is 19.5 Å². The highest BCUT2D eigenvalue weighted by molar-refractivity contribution is 7.22. The second kappa shape index (κ2) is 8.54. The maximum absolute atomic E-state index is 13.4. The zero-order valence-corrected chi connectivity index (χ0v) is 18.6. The molecule has 3 aromatic rings. The number of amides is 1. The lowest BCUT2D eigenvalue weighted by Crippen LogP contribution is -2.22. The summed E-state index contributed by atoms with van der Waals surface area (Å²) in [5, 5.41) is 13.1. The van der Waals surface area contributed by atoms with Gasteiger partial charge < -0.3 is 19.9 Å². The topological polar surface area (TPSA) is 106 Å². The number of rotatable bonds is 7. The van der Waals surface area contributed by atoms with Crippen LogP contribution in [0, 0.1) is 5.92 Å². The minimum absolute atomic E-state index is 0.00621. The normalized spacial score (nSPS) is 21.9. The first-order valence-corrected chi connectivity index (χ1v) is 11.4. The number of alkyl halides is 2. The van der Waals surface area contributed by atoms with E-state index in [-0.39, 0.29) is 18.4 Å². The first kappa shape index (κ1) is 22.1. The first-order chi connectivity index (χ1) is 15.8. The maximum atomic E-state index is 13.4. The zero-order chi connectivity index (χ0) is 23.2. The summed E-state index contributed by atoms with van der Waals surface area (Å²) in [6.07, 6.45) is 1.79. The number of hydrogen-bond donors (Lipinski definition) is 2. The Hall–Kier alpha value is -2.76. The number of methoxy groups -OCH3 is 1. The van der Waals surface area contributed by atoms with Crippen LogP contribution in [-0.2, 0) is 16.1 Å². The van der Waals surface area contributed by atoms with Gasteiger partial charge in [0, 0.05) is 42.3 Å². The standard InChI is InChI=1S/C22H22F2N4O4S/c1-31-18-13(4-5-14-19(18)33-21(27-14)28-20(30)11-2-3-11)12-8-25-17(26-9-12)10-32-16-7-22(23,24)6-15(16)29/h4-5,8-9,11,15-16,29H,2-3,6-7,10H2,1H3,(H,27,28,30)/t15-,16-/m1/s1. The summed E-state index contributed by atoms with van der Waals surface area (Å²) in [5.74, 6) is -1.91. The first-order valence-electron chi connectivity index (χ1n) is 10.6. The molecular formula is C22H22F2N4O4S. The molecule has 0 aliphatic heterocycles. The van der Waals surface area contributed by atoms with E-state index in [9.17, 15) is 18.7 Å². The van der Waals surface area contributed by atoms with E-state index in [1.807, 2.05) is 12.1 Å². The fraction of sp³-hybridized carbons (Fsp3) is 0.455.